The molecular formula is C8H11N3OS. The Kier molecular flexibility index (Phi) is 2.65. The minimum absolute atomic E-state index is 0.247. The quantitative estimate of drug-likeness (QED) is 0.566. The van der Waals surface area contributed by atoms with Crippen molar-refractivity contribution in [2.75, 3.05) is 19.3 Å². The Hall–Kier alpha value is -0.810. The molecule has 5 heteroatoms. The van der Waals surface area contributed by atoms with E-state index in [4.69, 9.17) is 4.74 Å². The summed E-state index contributed by atoms with van der Waals surface area (Å²) in [5.74, 6) is 0. The summed E-state index contributed by atoms with van der Waals surface area (Å²) >= 11 is 1.59. The molecule has 4 nitrogen and oxygen atoms in total. The summed E-state index contributed by atoms with van der Waals surface area (Å²) in [6.07, 6.45) is 3.95. The lowest BCUT2D eigenvalue weighted by molar-refractivity contribution is 0.128. The number of thioether (sulfide) groups is 1. The number of nitrogens with one attached hydrogen (secondary N) is 1. The minimum Gasteiger partial charge on any atom is -0.457 e. The third-order valence-corrected chi connectivity index (χ3v) is 2.48. The van der Waals surface area contributed by atoms with Gasteiger partial charge in [-0.15, -0.1) is 11.8 Å². The summed E-state index contributed by atoms with van der Waals surface area (Å²) in [5.41, 5.74) is 0. The van der Waals surface area contributed by atoms with Crippen LogP contribution in [0.1, 0.15) is 0 Å². The highest BCUT2D eigenvalue weighted by Gasteiger charge is 2.19. The lowest BCUT2D eigenvalue weighted by Crippen LogP contribution is -2.50. The maximum absolute atomic E-state index is 5.49. The summed E-state index contributed by atoms with van der Waals surface area (Å²) in [7, 11) is 0. The van der Waals surface area contributed by atoms with E-state index in [0.29, 0.717) is 6.01 Å². The average molecular weight is 197 g/mol. The smallest absolute Gasteiger partial charge is 0.317 e. The molecule has 1 saturated heterocycles. The Labute approximate surface area is 81.1 Å². The van der Waals surface area contributed by atoms with E-state index < -0.39 is 0 Å². The first-order valence-electron chi connectivity index (χ1n) is 4.13. The Morgan fingerprint density at radius 1 is 1.62 bits per heavy atom. The highest BCUT2D eigenvalue weighted by molar-refractivity contribution is 7.98. The van der Waals surface area contributed by atoms with E-state index in [1.54, 1.807) is 18.0 Å². The zero-order valence-corrected chi connectivity index (χ0v) is 8.17. The molecule has 1 aromatic heterocycles. The molecule has 1 aliphatic rings. The van der Waals surface area contributed by atoms with Crippen LogP contribution in [-0.4, -0.2) is 35.4 Å². The third kappa shape index (κ3) is 2.10. The van der Waals surface area contributed by atoms with Crippen molar-refractivity contribution in [1.82, 2.24) is 15.3 Å². The van der Waals surface area contributed by atoms with Crippen LogP contribution in [0.5, 0.6) is 6.01 Å². The number of nitrogens with zero attached hydrogens (tertiary/aromatic N) is 2. The second-order valence-electron chi connectivity index (χ2n) is 2.78. The molecule has 2 heterocycles. The van der Waals surface area contributed by atoms with E-state index in [1.165, 1.54) is 0 Å². The van der Waals surface area contributed by atoms with Crippen molar-refractivity contribution in [3.8, 4) is 6.01 Å². The predicted molar refractivity (Wildman–Crippen MR) is 51.1 cm³/mol. The molecule has 2 rings (SSSR count). The molecule has 1 fully saturated rings. The molecule has 1 aliphatic heterocycles. The maximum Gasteiger partial charge on any atom is 0.317 e. The fourth-order valence-corrected chi connectivity index (χ4v) is 1.36. The van der Waals surface area contributed by atoms with E-state index in [2.05, 4.69) is 15.3 Å². The van der Waals surface area contributed by atoms with Gasteiger partial charge in [-0.3, -0.25) is 0 Å². The SMILES string of the molecule is CSc1ccnc(OC2CNC2)n1. The summed E-state index contributed by atoms with van der Waals surface area (Å²) in [5, 5.41) is 4.07. The number of aromatic nitrogens is 2. The highest BCUT2D eigenvalue weighted by atomic mass is 32.2. The molecule has 0 radical (unpaired) electrons. The van der Waals surface area contributed by atoms with E-state index in [1.807, 2.05) is 12.3 Å². The zero-order chi connectivity index (χ0) is 9.10. The second-order valence-corrected chi connectivity index (χ2v) is 3.61. The first kappa shape index (κ1) is 8.77. The Morgan fingerprint density at radius 3 is 3.08 bits per heavy atom. The molecule has 0 aromatic carbocycles. The number of hydrogen-bond acceptors (Lipinski definition) is 5. The lowest BCUT2D eigenvalue weighted by atomic mass is 10.2. The van der Waals surface area contributed by atoms with Gasteiger partial charge in [0, 0.05) is 19.3 Å². The lowest BCUT2D eigenvalue weighted by Gasteiger charge is -2.26. The highest BCUT2D eigenvalue weighted by Crippen LogP contribution is 2.14. The van der Waals surface area contributed by atoms with Crippen LogP contribution in [0.3, 0.4) is 0 Å². The van der Waals surface area contributed by atoms with Gasteiger partial charge in [-0.25, -0.2) is 4.98 Å². The minimum atomic E-state index is 0.247. The molecular weight excluding hydrogens is 186 g/mol. The zero-order valence-electron chi connectivity index (χ0n) is 7.36. The molecule has 1 N–H and O–H groups in total. The maximum atomic E-state index is 5.49. The van der Waals surface area contributed by atoms with Gasteiger partial charge in [0.25, 0.3) is 0 Å². The van der Waals surface area contributed by atoms with Gasteiger partial charge in [0.15, 0.2) is 0 Å². The summed E-state index contributed by atoms with van der Waals surface area (Å²) in [6, 6.07) is 2.36. The van der Waals surface area contributed by atoms with Crippen molar-refractivity contribution in [1.29, 1.82) is 0 Å². The van der Waals surface area contributed by atoms with Crippen LogP contribution in [-0.2, 0) is 0 Å². The average Bonchev–Trinajstić information content (AvgIpc) is 2.12. The van der Waals surface area contributed by atoms with E-state index in [0.717, 1.165) is 18.1 Å². The molecule has 0 bridgehead atoms. The molecule has 0 aliphatic carbocycles. The van der Waals surface area contributed by atoms with Crippen LogP contribution >= 0.6 is 11.8 Å². The van der Waals surface area contributed by atoms with Crippen LogP contribution in [0, 0.1) is 0 Å². The largest absolute Gasteiger partial charge is 0.457 e. The summed E-state index contributed by atoms with van der Waals surface area (Å²) in [6.45, 7) is 1.79. The van der Waals surface area contributed by atoms with Gasteiger partial charge < -0.3 is 10.1 Å². The molecule has 0 saturated carbocycles. The van der Waals surface area contributed by atoms with Gasteiger partial charge in [-0.1, -0.05) is 0 Å². The Balaban J connectivity index is 2.01. The molecule has 13 heavy (non-hydrogen) atoms. The van der Waals surface area contributed by atoms with Crippen molar-refractivity contribution in [2.45, 2.75) is 11.1 Å². The number of ether oxygens (including phenoxy) is 1. The Morgan fingerprint density at radius 2 is 2.46 bits per heavy atom. The molecule has 0 atom stereocenters. The van der Waals surface area contributed by atoms with Crippen molar-refractivity contribution in [3.05, 3.63) is 12.3 Å². The second kappa shape index (κ2) is 3.93. The van der Waals surface area contributed by atoms with Gasteiger partial charge in [-0.2, -0.15) is 4.98 Å². The van der Waals surface area contributed by atoms with Gasteiger partial charge in [0.1, 0.15) is 11.1 Å². The van der Waals surface area contributed by atoms with E-state index in [9.17, 15) is 0 Å². The topological polar surface area (TPSA) is 47.0 Å². The predicted octanol–water partition coefficient (Wildman–Crippen LogP) is 0.549. The molecule has 0 spiro atoms. The van der Waals surface area contributed by atoms with Gasteiger partial charge in [0.2, 0.25) is 0 Å². The van der Waals surface area contributed by atoms with E-state index >= 15 is 0 Å². The van der Waals surface area contributed by atoms with Crippen LogP contribution in [0.4, 0.5) is 0 Å². The van der Waals surface area contributed by atoms with Crippen LogP contribution in [0.2, 0.25) is 0 Å². The molecule has 1 aromatic rings. The van der Waals surface area contributed by atoms with Gasteiger partial charge >= 0.3 is 6.01 Å². The first-order chi connectivity index (χ1) is 6.38. The number of hydrogen-bond donors (Lipinski definition) is 1. The van der Waals surface area contributed by atoms with Gasteiger partial charge in [0.05, 0.1) is 0 Å². The number of rotatable bonds is 3. The summed E-state index contributed by atoms with van der Waals surface area (Å²) < 4.78 is 5.49. The molecule has 0 unspecified atom stereocenters. The van der Waals surface area contributed by atoms with Crippen molar-refractivity contribution >= 4 is 11.8 Å². The fraction of sp³-hybridized carbons (Fsp3) is 0.500. The Bertz CT molecular complexity index is 290. The standard InChI is InChI=1S/C8H11N3OS/c1-13-7-2-3-10-8(11-7)12-6-4-9-5-6/h2-3,6,9H,4-5H2,1H3. The first-order valence-corrected chi connectivity index (χ1v) is 5.35. The monoisotopic (exact) mass is 197 g/mol. The van der Waals surface area contributed by atoms with Crippen LogP contribution in [0.15, 0.2) is 17.3 Å². The van der Waals surface area contributed by atoms with Gasteiger partial charge in [-0.05, 0) is 12.3 Å². The van der Waals surface area contributed by atoms with Crippen molar-refractivity contribution in [3.63, 3.8) is 0 Å². The molecule has 0 amide bonds. The normalized spacial score (nSPS) is 16.7. The fourth-order valence-electron chi connectivity index (χ4n) is 0.990. The van der Waals surface area contributed by atoms with Crippen molar-refractivity contribution < 1.29 is 4.74 Å². The van der Waals surface area contributed by atoms with E-state index in [-0.39, 0.29) is 6.10 Å². The van der Waals surface area contributed by atoms with Crippen LogP contribution < -0.4 is 10.1 Å². The molecule has 70 valence electrons. The summed E-state index contributed by atoms with van der Waals surface area (Å²) in [4.78, 5) is 8.25. The van der Waals surface area contributed by atoms with Crippen molar-refractivity contribution in [2.24, 2.45) is 0 Å². The third-order valence-electron chi connectivity index (χ3n) is 1.83. The van der Waals surface area contributed by atoms with Crippen LogP contribution in [0.25, 0.3) is 0 Å².